The summed E-state index contributed by atoms with van der Waals surface area (Å²) >= 11 is 11.9. The summed E-state index contributed by atoms with van der Waals surface area (Å²) < 4.78 is 1.88. The Morgan fingerprint density at radius 2 is 2.20 bits per heavy atom. The van der Waals surface area contributed by atoms with Crippen LogP contribution in [-0.2, 0) is 0 Å². The minimum Gasteiger partial charge on any atom is -0.312 e. The minimum atomic E-state index is 0.365. The Kier molecular flexibility index (Phi) is 2.09. The van der Waals surface area contributed by atoms with Crippen molar-refractivity contribution in [1.82, 2.24) is 20.1 Å². The average Bonchev–Trinajstić information content (AvgIpc) is 2.46. The summed E-state index contributed by atoms with van der Waals surface area (Å²) in [6.45, 7) is 1.84. The SMILES string of the molecule is Clc1cc(Cl)c2cnn(C3CNC3)c2n1. The fourth-order valence-electron chi connectivity index (χ4n) is 1.67. The van der Waals surface area contributed by atoms with E-state index < -0.39 is 0 Å². The number of fused-ring (bicyclic) bond motifs is 1. The maximum atomic E-state index is 6.05. The summed E-state index contributed by atoms with van der Waals surface area (Å²) in [6.07, 6.45) is 1.74. The third-order valence-electron chi connectivity index (χ3n) is 2.59. The first-order valence-electron chi connectivity index (χ1n) is 4.65. The van der Waals surface area contributed by atoms with Crippen molar-refractivity contribution in [1.29, 1.82) is 0 Å². The van der Waals surface area contributed by atoms with Crippen molar-refractivity contribution in [2.45, 2.75) is 6.04 Å². The number of pyridine rings is 1. The number of aromatic nitrogens is 3. The highest BCUT2D eigenvalue weighted by Gasteiger charge is 2.22. The van der Waals surface area contributed by atoms with Gasteiger partial charge in [0, 0.05) is 13.1 Å². The van der Waals surface area contributed by atoms with Crippen LogP contribution in [-0.4, -0.2) is 27.9 Å². The monoisotopic (exact) mass is 242 g/mol. The molecule has 0 radical (unpaired) electrons. The second-order valence-electron chi connectivity index (χ2n) is 3.57. The molecule has 15 heavy (non-hydrogen) atoms. The molecule has 0 aliphatic carbocycles. The highest BCUT2D eigenvalue weighted by atomic mass is 35.5. The lowest BCUT2D eigenvalue weighted by atomic mass is 10.2. The van der Waals surface area contributed by atoms with Gasteiger partial charge in [0.15, 0.2) is 5.65 Å². The number of nitrogens with zero attached hydrogens (tertiary/aromatic N) is 3. The van der Waals surface area contributed by atoms with E-state index in [9.17, 15) is 0 Å². The molecule has 0 saturated carbocycles. The van der Waals surface area contributed by atoms with E-state index in [4.69, 9.17) is 23.2 Å². The van der Waals surface area contributed by atoms with Crippen LogP contribution in [0, 0.1) is 0 Å². The van der Waals surface area contributed by atoms with Crippen molar-refractivity contribution >= 4 is 34.2 Å². The van der Waals surface area contributed by atoms with Gasteiger partial charge in [-0.25, -0.2) is 9.67 Å². The quantitative estimate of drug-likeness (QED) is 0.777. The standard InChI is InChI=1S/C9H8Cl2N4/c10-7-1-8(11)14-9-6(7)4-13-15(9)5-2-12-3-5/h1,4-5,12H,2-3H2. The largest absolute Gasteiger partial charge is 0.312 e. The van der Waals surface area contributed by atoms with E-state index >= 15 is 0 Å². The van der Waals surface area contributed by atoms with Crippen molar-refractivity contribution in [2.24, 2.45) is 0 Å². The van der Waals surface area contributed by atoms with Gasteiger partial charge in [-0.3, -0.25) is 0 Å². The van der Waals surface area contributed by atoms with Gasteiger partial charge in [-0.1, -0.05) is 23.2 Å². The highest BCUT2D eigenvalue weighted by Crippen LogP contribution is 2.27. The van der Waals surface area contributed by atoms with Gasteiger partial charge in [-0.2, -0.15) is 5.10 Å². The van der Waals surface area contributed by atoms with E-state index in [-0.39, 0.29) is 0 Å². The number of halogens is 2. The second kappa shape index (κ2) is 3.33. The molecule has 0 spiro atoms. The molecule has 0 aromatic carbocycles. The molecule has 6 heteroatoms. The van der Waals surface area contributed by atoms with E-state index in [0.717, 1.165) is 24.1 Å². The van der Waals surface area contributed by atoms with E-state index in [1.54, 1.807) is 12.3 Å². The Balaban J connectivity index is 2.23. The van der Waals surface area contributed by atoms with Crippen LogP contribution in [0.25, 0.3) is 11.0 Å². The molecular formula is C9H8Cl2N4. The molecule has 1 N–H and O–H groups in total. The molecule has 3 rings (SSSR count). The first-order chi connectivity index (χ1) is 7.25. The normalized spacial score (nSPS) is 16.9. The van der Waals surface area contributed by atoms with Gasteiger partial charge in [-0.15, -0.1) is 0 Å². The van der Waals surface area contributed by atoms with Crippen LogP contribution in [0.5, 0.6) is 0 Å². The molecular weight excluding hydrogens is 235 g/mol. The van der Waals surface area contributed by atoms with E-state index in [1.165, 1.54) is 0 Å². The predicted octanol–water partition coefficient (Wildman–Crippen LogP) is 1.88. The molecule has 2 aromatic rings. The number of hydrogen-bond acceptors (Lipinski definition) is 3. The van der Waals surface area contributed by atoms with Gasteiger partial charge in [0.05, 0.1) is 22.6 Å². The van der Waals surface area contributed by atoms with Crippen LogP contribution in [0.15, 0.2) is 12.3 Å². The predicted molar refractivity (Wildman–Crippen MR) is 59.5 cm³/mol. The Bertz CT molecular complexity index is 518. The first kappa shape index (κ1) is 9.39. The van der Waals surface area contributed by atoms with Crippen molar-refractivity contribution in [3.8, 4) is 0 Å². The lowest BCUT2D eigenvalue weighted by Crippen LogP contribution is -2.43. The van der Waals surface area contributed by atoms with Gasteiger partial charge in [0.25, 0.3) is 0 Å². The first-order valence-corrected chi connectivity index (χ1v) is 5.41. The van der Waals surface area contributed by atoms with Crippen LogP contribution in [0.3, 0.4) is 0 Å². The fraction of sp³-hybridized carbons (Fsp3) is 0.333. The molecule has 1 fully saturated rings. The third-order valence-corrected chi connectivity index (χ3v) is 3.10. The molecule has 78 valence electrons. The molecule has 0 unspecified atom stereocenters. The van der Waals surface area contributed by atoms with Gasteiger partial charge in [0.2, 0.25) is 0 Å². The summed E-state index contributed by atoms with van der Waals surface area (Å²) in [6, 6.07) is 2.00. The summed E-state index contributed by atoms with van der Waals surface area (Å²) in [5.74, 6) is 0. The van der Waals surface area contributed by atoms with Crippen LogP contribution in [0.4, 0.5) is 0 Å². The smallest absolute Gasteiger partial charge is 0.161 e. The van der Waals surface area contributed by atoms with Crippen molar-refractivity contribution in [3.05, 3.63) is 22.4 Å². The van der Waals surface area contributed by atoms with Crippen LogP contribution in [0.1, 0.15) is 6.04 Å². The minimum absolute atomic E-state index is 0.365. The van der Waals surface area contributed by atoms with Gasteiger partial charge >= 0.3 is 0 Å². The number of rotatable bonds is 1. The van der Waals surface area contributed by atoms with Crippen LogP contribution in [0.2, 0.25) is 10.2 Å². The molecule has 4 nitrogen and oxygen atoms in total. The van der Waals surface area contributed by atoms with Crippen LogP contribution >= 0.6 is 23.2 Å². The molecule has 0 amide bonds. The zero-order chi connectivity index (χ0) is 10.4. The summed E-state index contributed by atoms with van der Waals surface area (Å²) in [7, 11) is 0. The van der Waals surface area contributed by atoms with E-state index in [1.807, 2.05) is 4.68 Å². The molecule has 2 aromatic heterocycles. The maximum absolute atomic E-state index is 6.05. The average molecular weight is 243 g/mol. The van der Waals surface area contributed by atoms with Crippen molar-refractivity contribution < 1.29 is 0 Å². The molecule has 0 bridgehead atoms. The Hall–Kier alpha value is -0.840. The lowest BCUT2D eigenvalue weighted by molar-refractivity contribution is 0.325. The van der Waals surface area contributed by atoms with Gasteiger partial charge < -0.3 is 5.32 Å². The van der Waals surface area contributed by atoms with E-state index in [2.05, 4.69) is 15.4 Å². The van der Waals surface area contributed by atoms with Gasteiger partial charge in [-0.05, 0) is 6.07 Å². The number of hydrogen-bond donors (Lipinski definition) is 1. The summed E-state index contributed by atoms with van der Waals surface area (Å²) in [4.78, 5) is 4.25. The van der Waals surface area contributed by atoms with Crippen LogP contribution < -0.4 is 5.32 Å². The molecule has 1 saturated heterocycles. The van der Waals surface area contributed by atoms with E-state index in [0.29, 0.717) is 16.2 Å². The zero-order valence-corrected chi connectivity index (χ0v) is 9.26. The summed E-state index contributed by atoms with van der Waals surface area (Å²) in [5.41, 5.74) is 0.763. The molecule has 3 heterocycles. The maximum Gasteiger partial charge on any atom is 0.161 e. The third kappa shape index (κ3) is 1.40. The number of nitrogens with one attached hydrogen (secondary N) is 1. The fourth-order valence-corrected chi connectivity index (χ4v) is 2.15. The van der Waals surface area contributed by atoms with Gasteiger partial charge in [0.1, 0.15) is 5.15 Å². The van der Waals surface area contributed by atoms with Crippen molar-refractivity contribution in [2.75, 3.05) is 13.1 Å². The Morgan fingerprint density at radius 3 is 2.87 bits per heavy atom. The Morgan fingerprint density at radius 1 is 1.40 bits per heavy atom. The van der Waals surface area contributed by atoms with Crippen molar-refractivity contribution in [3.63, 3.8) is 0 Å². The Labute approximate surface area is 96.2 Å². The lowest BCUT2D eigenvalue weighted by Gasteiger charge is -2.27. The second-order valence-corrected chi connectivity index (χ2v) is 4.36. The highest BCUT2D eigenvalue weighted by molar-refractivity contribution is 6.37. The molecule has 1 aliphatic heterocycles. The topological polar surface area (TPSA) is 42.7 Å². The molecule has 0 atom stereocenters. The molecule has 1 aliphatic rings. The zero-order valence-electron chi connectivity index (χ0n) is 7.74. The summed E-state index contributed by atoms with van der Waals surface area (Å²) in [5, 5.41) is 9.34.